The molecule has 26 heavy (non-hydrogen) atoms. The Kier molecular flexibility index (Phi) is 4.61. The van der Waals surface area contributed by atoms with Crippen molar-refractivity contribution < 1.29 is 13.2 Å². The number of nitrogens with zero attached hydrogens (tertiary/aromatic N) is 2. The average Bonchev–Trinajstić information content (AvgIpc) is 3.03. The molecule has 0 spiro atoms. The molecule has 0 aromatic carbocycles. The van der Waals surface area contributed by atoms with Gasteiger partial charge in [0.2, 0.25) is 0 Å². The van der Waals surface area contributed by atoms with Crippen LogP contribution in [-0.2, 0) is 14.6 Å². The molecule has 1 atom stereocenters. The molecule has 1 aliphatic rings. The van der Waals surface area contributed by atoms with Crippen LogP contribution >= 0.6 is 0 Å². The third kappa shape index (κ3) is 3.23. The molecule has 0 amide bonds. The van der Waals surface area contributed by atoms with Crippen molar-refractivity contribution in [2.45, 2.75) is 11.7 Å². The van der Waals surface area contributed by atoms with Crippen LogP contribution in [0.5, 0.6) is 0 Å². The summed E-state index contributed by atoms with van der Waals surface area (Å²) < 4.78 is 28.9. The Morgan fingerprint density at radius 1 is 1.46 bits per heavy atom. The van der Waals surface area contributed by atoms with Gasteiger partial charge in [-0.2, -0.15) is 5.26 Å². The van der Waals surface area contributed by atoms with E-state index in [1.807, 2.05) is 0 Å². The molecule has 0 bridgehead atoms. The number of pyridine rings is 1. The largest absolute Gasteiger partial charge is 0.499 e. The van der Waals surface area contributed by atoms with E-state index in [-0.39, 0.29) is 6.42 Å². The van der Waals surface area contributed by atoms with Crippen LogP contribution in [0.4, 0.5) is 11.5 Å². The molecule has 2 heterocycles. The third-order valence-electron chi connectivity index (χ3n) is 4.26. The summed E-state index contributed by atoms with van der Waals surface area (Å²) in [5, 5.41) is 15.6. The summed E-state index contributed by atoms with van der Waals surface area (Å²) in [6.07, 6.45) is 6.41. The zero-order valence-electron chi connectivity index (χ0n) is 14.6. The minimum Gasteiger partial charge on any atom is -0.499 e. The van der Waals surface area contributed by atoms with E-state index in [2.05, 4.69) is 26.7 Å². The summed E-state index contributed by atoms with van der Waals surface area (Å²) in [6.45, 7) is 0. The zero-order chi connectivity index (χ0) is 18.9. The molecule has 2 aromatic rings. The second kappa shape index (κ2) is 6.72. The van der Waals surface area contributed by atoms with Gasteiger partial charge < -0.3 is 20.4 Å². The van der Waals surface area contributed by atoms with Gasteiger partial charge in [0, 0.05) is 37.7 Å². The average molecular weight is 373 g/mol. The van der Waals surface area contributed by atoms with Gasteiger partial charge in [0.15, 0.2) is 9.84 Å². The Morgan fingerprint density at radius 2 is 2.23 bits per heavy atom. The second-order valence-corrected chi connectivity index (χ2v) is 8.20. The number of anilines is 2. The molecule has 3 N–H and O–H groups in total. The van der Waals surface area contributed by atoms with Crippen molar-refractivity contribution in [3.8, 4) is 6.07 Å². The summed E-state index contributed by atoms with van der Waals surface area (Å²) >= 11 is 0. The van der Waals surface area contributed by atoms with E-state index in [9.17, 15) is 13.7 Å². The predicted octanol–water partition coefficient (Wildman–Crippen LogP) is 2.12. The summed E-state index contributed by atoms with van der Waals surface area (Å²) in [6, 6.07) is 3.92. The maximum Gasteiger partial charge on any atom is 0.154 e. The van der Waals surface area contributed by atoms with Crippen LogP contribution < -0.4 is 10.6 Å². The number of hydrogen-bond donors (Lipinski definition) is 3. The van der Waals surface area contributed by atoms with E-state index >= 15 is 0 Å². The highest BCUT2D eigenvalue weighted by Gasteiger charge is 2.25. The Bertz CT molecular complexity index is 1060. The van der Waals surface area contributed by atoms with Gasteiger partial charge in [0.25, 0.3) is 0 Å². The number of methoxy groups -OCH3 is 1. The van der Waals surface area contributed by atoms with Gasteiger partial charge in [-0.1, -0.05) is 6.08 Å². The first kappa shape index (κ1) is 17.8. The maximum absolute atomic E-state index is 11.8. The fourth-order valence-electron chi connectivity index (χ4n) is 2.88. The molecule has 0 radical (unpaired) electrons. The number of aromatic nitrogens is 2. The summed E-state index contributed by atoms with van der Waals surface area (Å²) in [5.74, 6) is 1.08. The van der Waals surface area contributed by atoms with Crippen LogP contribution in [0.25, 0.3) is 11.0 Å². The molecule has 1 unspecified atom stereocenters. The van der Waals surface area contributed by atoms with Crippen LogP contribution in [-0.4, -0.2) is 44.0 Å². The molecule has 2 aromatic heterocycles. The Hall–Kier alpha value is -2.99. The topological polar surface area (TPSA) is 120 Å². The lowest BCUT2D eigenvalue weighted by Gasteiger charge is -2.21. The van der Waals surface area contributed by atoms with Crippen LogP contribution in [0, 0.1) is 11.3 Å². The molecule has 0 saturated carbocycles. The van der Waals surface area contributed by atoms with Crippen molar-refractivity contribution in [2.75, 3.05) is 31.0 Å². The van der Waals surface area contributed by atoms with Crippen molar-refractivity contribution in [2.24, 2.45) is 0 Å². The number of allylic oxidation sites excluding steroid dienone is 2. The number of H-pyrrole nitrogens is 1. The van der Waals surface area contributed by atoms with E-state index in [1.165, 1.54) is 13.4 Å². The fraction of sp³-hybridized carbons (Fsp3) is 0.294. The Balaban J connectivity index is 1.97. The molecule has 136 valence electrons. The second-order valence-electron chi connectivity index (χ2n) is 5.94. The van der Waals surface area contributed by atoms with Gasteiger partial charge in [-0.15, -0.1) is 0 Å². The van der Waals surface area contributed by atoms with E-state index in [4.69, 9.17) is 4.74 Å². The van der Waals surface area contributed by atoms with E-state index in [0.717, 1.165) is 11.1 Å². The van der Waals surface area contributed by atoms with Crippen LogP contribution in [0.1, 0.15) is 12.0 Å². The fourth-order valence-corrected chi connectivity index (χ4v) is 3.70. The van der Waals surface area contributed by atoms with Gasteiger partial charge in [-0.05, 0) is 6.08 Å². The van der Waals surface area contributed by atoms with Gasteiger partial charge in [0.1, 0.15) is 23.3 Å². The molecule has 0 fully saturated rings. The first-order valence-electron chi connectivity index (χ1n) is 7.88. The molecular weight excluding hydrogens is 354 g/mol. The van der Waals surface area contributed by atoms with Gasteiger partial charge >= 0.3 is 0 Å². The van der Waals surface area contributed by atoms with Crippen LogP contribution in [0.15, 0.2) is 35.9 Å². The van der Waals surface area contributed by atoms with Crippen LogP contribution in [0.3, 0.4) is 0 Å². The van der Waals surface area contributed by atoms with E-state index < -0.39 is 15.1 Å². The Labute approximate surface area is 151 Å². The molecule has 0 saturated heterocycles. The lowest BCUT2D eigenvalue weighted by Crippen LogP contribution is -2.23. The summed E-state index contributed by atoms with van der Waals surface area (Å²) in [5.41, 5.74) is 2.48. The van der Waals surface area contributed by atoms with E-state index in [0.29, 0.717) is 28.5 Å². The van der Waals surface area contributed by atoms with Gasteiger partial charge in [-0.25, -0.2) is 13.4 Å². The number of sulfone groups is 1. The lowest BCUT2D eigenvalue weighted by atomic mass is 10.1. The number of ether oxygens (including phenoxy) is 1. The van der Waals surface area contributed by atoms with Crippen molar-refractivity contribution in [3.05, 3.63) is 41.4 Å². The summed E-state index contributed by atoms with van der Waals surface area (Å²) in [4.78, 5) is 7.47. The van der Waals surface area contributed by atoms with Crippen molar-refractivity contribution in [1.29, 1.82) is 5.26 Å². The number of rotatable bonds is 5. The highest BCUT2D eigenvalue weighted by atomic mass is 32.2. The number of nitriles is 1. The minimum atomic E-state index is -3.19. The first-order chi connectivity index (χ1) is 12.4. The quantitative estimate of drug-likeness (QED) is 0.734. The molecule has 3 rings (SSSR count). The number of aromatic amines is 1. The van der Waals surface area contributed by atoms with Crippen molar-refractivity contribution >= 4 is 32.4 Å². The molecule has 1 aliphatic carbocycles. The number of nitrogens with one attached hydrogen (secondary N) is 3. The third-order valence-corrected chi connectivity index (χ3v) is 5.68. The normalized spacial score (nSPS) is 17.2. The van der Waals surface area contributed by atoms with Gasteiger partial charge in [0.05, 0.1) is 29.0 Å². The Morgan fingerprint density at radius 3 is 2.85 bits per heavy atom. The maximum atomic E-state index is 11.8. The van der Waals surface area contributed by atoms with Crippen molar-refractivity contribution in [1.82, 2.24) is 9.97 Å². The summed E-state index contributed by atoms with van der Waals surface area (Å²) in [7, 11) is 0.0821. The van der Waals surface area contributed by atoms with Crippen molar-refractivity contribution in [3.63, 3.8) is 0 Å². The monoisotopic (exact) mass is 373 g/mol. The zero-order valence-corrected chi connectivity index (χ0v) is 15.4. The standard InChI is InChI=1S/C17H19N5O3S/c1-19-13-7-15(22-17-16(13)10(8-18)9-20-17)21-12-5-4-11(26(3,23)24)6-14(12)25-2/h4-5,7,9,11H,6H2,1-3H3,(H3,19,20,21,22). The highest BCUT2D eigenvalue weighted by Crippen LogP contribution is 2.30. The predicted molar refractivity (Wildman–Crippen MR) is 100 cm³/mol. The number of hydrogen-bond acceptors (Lipinski definition) is 7. The van der Waals surface area contributed by atoms with Gasteiger partial charge in [-0.3, -0.25) is 0 Å². The van der Waals surface area contributed by atoms with Crippen LogP contribution in [0.2, 0.25) is 0 Å². The highest BCUT2D eigenvalue weighted by molar-refractivity contribution is 7.91. The van der Waals surface area contributed by atoms with E-state index in [1.54, 1.807) is 31.5 Å². The lowest BCUT2D eigenvalue weighted by molar-refractivity contribution is 0.273. The minimum absolute atomic E-state index is 0.260. The molecule has 9 heteroatoms. The molecule has 8 nitrogen and oxygen atoms in total. The molecular formula is C17H19N5O3S. The molecule has 0 aliphatic heterocycles. The smallest absolute Gasteiger partial charge is 0.154 e. The first-order valence-corrected chi connectivity index (χ1v) is 9.84. The number of fused-ring (bicyclic) bond motifs is 1. The SMILES string of the molecule is CNc1cc(NC2=C(OC)CC(S(C)(=O)=O)C=C2)nc2[nH]cc(C#N)c12.